The molecule has 0 aliphatic carbocycles. The maximum absolute atomic E-state index is 13.6. The summed E-state index contributed by atoms with van der Waals surface area (Å²) in [4.78, 5) is 19.2. The molecule has 0 spiro atoms. The number of hydrogen-bond donors (Lipinski definition) is 0. The zero-order valence-electron chi connectivity index (χ0n) is 17.3. The standard InChI is InChI=1S/C25H20FN3O3/c26-18-4-2-16(3-5-18)24-19-12-23-22(31-15-32-23)11-17(19)10-20-21(24)13-29(25(20)30)8-1-7-28-9-6-27-14-28/h2-6,9-12,14H,1,7-8,13,15H2. The van der Waals surface area contributed by atoms with Gasteiger partial charge in [0.25, 0.3) is 5.91 Å². The molecule has 0 bridgehead atoms. The number of imidazole rings is 1. The van der Waals surface area contributed by atoms with Crippen LogP contribution in [0.25, 0.3) is 21.9 Å². The number of hydrogen-bond acceptors (Lipinski definition) is 4. The van der Waals surface area contributed by atoms with Crippen molar-refractivity contribution in [2.24, 2.45) is 0 Å². The Morgan fingerprint density at radius 3 is 2.62 bits per heavy atom. The molecule has 1 aromatic heterocycles. The van der Waals surface area contributed by atoms with E-state index >= 15 is 0 Å². The van der Waals surface area contributed by atoms with Crippen LogP contribution in [0, 0.1) is 5.82 Å². The van der Waals surface area contributed by atoms with Gasteiger partial charge in [-0.05, 0) is 64.2 Å². The molecule has 2 aliphatic rings. The first-order valence-electron chi connectivity index (χ1n) is 10.6. The molecule has 0 radical (unpaired) electrons. The first-order valence-corrected chi connectivity index (χ1v) is 10.6. The molecule has 160 valence electrons. The number of carbonyl (C=O) groups is 1. The lowest BCUT2D eigenvalue weighted by molar-refractivity contribution is 0.0775. The second-order valence-corrected chi connectivity index (χ2v) is 8.09. The summed E-state index contributed by atoms with van der Waals surface area (Å²) in [6.45, 7) is 2.15. The molecule has 0 N–H and O–H groups in total. The van der Waals surface area contributed by atoms with Crippen LogP contribution in [0.4, 0.5) is 4.39 Å². The minimum Gasteiger partial charge on any atom is -0.454 e. The highest BCUT2D eigenvalue weighted by atomic mass is 19.1. The number of nitrogens with zero attached hydrogens (tertiary/aromatic N) is 3. The summed E-state index contributed by atoms with van der Waals surface area (Å²) < 4.78 is 26.8. The Morgan fingerprint density at radius 2 is 1.84 bits per heavy atom. The number of aryl methyl sites for hydroxylation is 1. The topological polar surface area (TPSA) is 56.6 Å². The highest BCUT2D eigenvalue weighted by Gasteiger charge is 2.31. The van der Waals surface area contributed by atoms with Crippen LogP contribution in [-0.4, -0.2) is 33.7 Å². The predicted octanol–water partition coefficient (Wildman–Crippen LogP) is 4.62. The minimum atomic E-state index is -0.291. The van der Waals surface area contributed by atoms with Crippen molar-refractivity contribution in [3.05, 3.63) is 78.1 Å². The first kappa shape index (κ1) is 18.9. The second kappa shape index (κ2) is 7.37. The zero-order chi connectivity index (χ0) is 21.7. The third kappa shape index (κ3) is 3.09. The lowest BCUT2D eigenvalue weighted by Crippen LogP contribution is -2.25. The van der Waals surface area contributed by atoms with Crippen molar-refractivity contribution in [1.29, 1.82) is 0 Å². The predicted molar refractivity (Wildman–Crippen MR) is 117 cm³/mol. The van der Waals surface area contributed by atoms with Gasteiger partial charge in [-0.3, -0.25) is 4.79 Å². The fraction of sp³-hybridized carbons (Fsp3) is 0.200. The van der Waals surface area contributed by atoms with Gasteiger partial charge in [0.2, 0.25) is 6.79 Å². The van der Waals surface area contributed by atoms with E-state index in [4.69, 9.17) is 9.47 Å². The van der Waals surface area contributed by atoms with Crippen LogP contribution >= 0.6 is 0 Å². The summed E-state index contributed by atoms with van der Waals surface area (Å²) in [5, 5.41) is 1.87. The molecule has 6 nitrogen and oxygen atoms in total. The summed E-state index contributed by atoms with van der Waals surface area (Å²) in [6, 6.07) is 12.3. The number of halogens is 1. The lowest BCUT2D eigenvalue weighted by Gasteiger charge is -2.16. The maximum Gasteiger partial charge on any atom is 0.254 e. The normalized spacial score (nSPS) is 14.4. The van der Waals surface area contributed by atoms with Crippen molar-refractivity contribution < 1.29 is 18.7 Å². The molecular formula is C25H20FN3O3. The summed E-state index contributed by atoms with van der Waals surface area (Å²) in [5.74, 6) is 1.08. The quantitative estimate of drug-likeness (QED) is 0.465. The fourth-order valence-corrected chi connectivity index (χ4v) is 4.61. The van der Waals surface area contributed by atoms with E-state index in [1.165, 1.54) is 12.1 Å². The number of rotatable bonds is 5. The van der Waals surface area contributed by atoms with E-state index in [1.807, 2.05) is 33.9 Å². The average Bonchev–Trinajstić information content (AvgIpc) is 3.54. The van der Waals surface area contributed by atoms with Gasteiger partial charge in [-0.1, -0.05) is 12.1 Å². The molecule has 0 saturated carbocycles. The van der Waals surface area contributed by atoms with Crippen LogP contribution in [0.1, 0.15) is 22.3 Å². The largest absolute Gasteiger partial charge is 0.454 e. The van der Waals surface area contributed by atoms with Crippen molar-refractivity contribution in [2.75, 3.05) is 13.3 Å². The lowest BCUT2D eigenvalue weighted by atomic mass is 9.90. The molecule has 3 heterocycles. The summed E-state index contributed by atoms with van der Waals surface area (Å²) in [6.07, 6.45) is 6.28. The minimum absolute atomic E-state index is 0.0218. The Balaban J connectivity index is 1.42. The van der Waals surface area contributed by atoms with E-state index in [0.717, 1.165) is 40.4 Å². The van der Waals surface area contributed by atoms with Gasteiger partial charge in [-0.25, -0.2) is 9.37 Å². The number of benzene rings is 3. The Labute approximate surface area is 183 Å². The second-order valence-electron chi connectivity index (χ2n) is 8.09. The molecule has 0 unspecified atom stereocenters. The van der Waals surface area contributed by atoms with Gasteiger partial charge in [0.05, 0.1) is 6.33 Å². The molecule has 3 aromatic carbocycles. The molecule has 7 heteroatoms. The molecule has 4 aromatic rings. The van der Waals surface area contributed by atoms with E-state index in [0.29, 0.717) is 30.2 Å². The van der Waals surface area contributed by atoms with Crippen molar-refractivity contribution in [3.8, 4) is 22.6 Å². The molecule has 0 fully saturated rings. The Kier molecular flexibility index (Phi) is 4.35. The number of carbonyl (C=O) groups excluding carboxylic acids is 1. The van der Waals surface area contributed by atoms with Gasteiger partial charge in [-0.15, -0.1) is 0 Å². The van der Waals surface area contributed by atoms with Crippen LogP contribution in [0.2, 0.25) is 0 Å². The van der Waals surface area contributed by atoms with Gasteiger partial charge in [0.15, 0.2) is 11.5 Å². The number of amides is 1. The molecule has 0 saturated heterocycles. The zero-order valence-corrected chi connectivity index (χ0v) is 17.3. The van der Waals surface area contributed by atoms with Crippen LogP contribution in [-0.2, 0) is 13.1 Å². The van der Waals surface area contributed by atoms with Gasteiger partial charge in [0, 0.05) is 37.6 Å². The first-order chi connectivity index (χ1) is 15.7. The fourth-order valence-electron chi connectivity index (χ4n) is 4.61. The van der Waals surface area contributed by atoms with Crippen LogP contribution in [0.15, 0.2) is 61.2 Å². The molecule has 6 rings (SSSR count). The van der Waals surface area contributed by atoms with E-state index in [-0.39, 0.29) is 18.5 Å². The maximum atomic E-state index is 13.6. The van der Waals surface area contributed by atoms with Gasteiger partial charge in [-0.2, -0.15) is 0 Å². The average molecular weight is 429 g/mol. The van der Waals surface area contributed by atoms with Crippen LogP contribution in [0.3, 0.4) is 0 Å². The summed E-state index contributed by atoms with van der Waals surface area (Å²) >= 11 is 0. The molecule has 32 heavy (non-hydrogen) atoms. The van der Waals surface area contributed by atoms with E-state index in [9.17, 15) is 9.18 Å². The SMILES string of the molecule is O=C1c2cc3cc4c(cc3c(-c3ccc(F)cc3)c2CN1CCCn1ccnc1)OCO4. The Morgan fingerprint density at radius 1 is 1.03 bits per heavy atom. The van der Waals surface area contributed by atoms with Crippen molar-refractivity contribution in [2.45, 2.75) is 19.5 Å². The highest BCUT2D eigenvalue weighted by molar-refractivity contribution is 6.09. The smallest absolute Gasteiger partial charge is 0.254 e. The van der Waals surface area contributed by atoms with E-state index in [2.05, 4.69) is 4.98 Å². The third-order valence-corrected chi connectivity index (χ3v) is 6.14. The molecule has 2 aliphatic heterocycles. The summed E-state index contributed by atoms with van der Waals surface area (Å²) in [7, 11) is 0. The molecular weight excluding hydrogens is 409 g/mol. The Hall–Kier alpha value is -3.87. The summed E-state index contributed by atoms with van der Waals surface area (Å²) in [5.41, 5.74) is 3.48. The number of ether oxygens (including phenoxy) is 2. The van der Waals surface area contributed by atoms with Gasteiger partial charge >= 0.3 is 0 Å². The Bertz CT molecular complexity index is 1330. The molecule has 1 amide bonds. The third-order valence-electron chi connectivity index (χ3n) is 6.14. The highest BCUT2D eigenvalue weighted by Crippen LogP contribution is 2.44. The van der Waals surface area contributed by atoms with Gasteiger partial charge < -0.3 is 18.9 Å². The van der Waals surface area contributed by atoms with Gasteiger partial charge in [0.1, 0.15) is 5.82 Å². The van der Waals surface area contributed by atoms with Crippen molar-refractivity contribution in [1.82, 2.24) is 14.5 Å². The number of aromatic nitrogens is 2. The van der Waals surface area contributed by atoms with Crippen LogP contribution in [0.5, 0.6) is 11.5 Å². The van der Waals surface area contributed by atoms with Crippen LogP contribution < -0.4 is 9.47 Å². The van der Waals surface area contributed by atoms with E-state index < -0.39 is 0 Å². The number of fused-ring (bicyclic) bond motifs is 3. The van der Waals surface area contributed by atoms with E-state index in [1.54, 1.807) is 24.7 Å². The van der Waals surface area contributed by atoms with Crippen molar-refractivity contribution >= 4 is 16.7 Å². The molecule has 0 atom stereocenters. The monoisotopic (exact) mass is 429 g/mol. The van der Waals surface area contributed by atoms with Crippen molar-refractivity contribution in [3.63, 3.8) is 0 Å².